The number of aliphatic hydroxyl groups is 1. The molecule has 0 spiro atoms. The van der Waals surface area contributed by atoms with Crippen LogP contribution in [0.2, 0.25) is 0 Å². The normalized spacial score (nSPS) is 26.3. The van der Waals surface area contributed by atoms with Crippen molar-refractivity contribution in [3.63, 3.8) is 0 Å². The SMILES string of the molecule is C[C@@H]1CC(C)(C)CC[C@@H]1NC(=O)NC[C@](C)(O)c1cnn(C)c1. The molecule has 3 N–H and O–H groups in total. The lowest BCUT2D eigenvalue weighted by molar-refractivity contribution is 0.0587. The highest BCUT2D eigenvalue weighted by Crippen LogP contribution is 2.38. The Bertz CT molecular complexity index is 551. The van der Waals surface area contributed by atoms with Crippen LogP contribution in [-0.2, 0) is 12.6 Å². The van der Waals surface area contributed by atoms with Gasteiger partial charge in [0.05, 0.1) is 12.7 Å². The van der Waals surface area contributed by atoms with Crippen molar-refractivity contribution in [2.75, 3.05) is 6.54 Å². The van der Waals surface area contributed by atoms with E-state index >= 15 is 0 Å². The summed E-state index contributed by atoms with van der Waals surface area (Å²) < 4.78 is 1.63. The molecule has 1 aliphatic rings. The molecule has 2 amide bonds. The van der Waals surface area contributed by atoms with Crippen molar-refractivity contribution in [3.8, 4) is 0 Å². The third-order valence-corrected chi connectivity index (χ3v) is 4.93. The minimum Gasteiger partial charge on any atom is -0.383 e. The number of rotatable bonds is 4. The van der Waals surface area contributed by atoms with Gasteiger partial charge >= 0.3 is 6.03 Å². The van der Waals surface area contributed by atoms with Crippen LogP contribution in [0.5, 0.6) is 0 Å². The summed E-state index contributed by atoms with van der Waals surface area (Å²) in [5, 5.41) is 20.4. The van der Waals surface area contributed by atoms with E-state index in [2.05, 4.69) is 36.5 Å². The van der Waals surface area contributed by atoms with Gasteiger partial charge in [-0.05, 0) is 37.5 Å². The fourth-order valence-corrected chi connectivity index (χ4v) is 3.43. The van der Waals surface area contributed by atoms with Gasteiger partial charge in [-0.2, -0.15) is 5.10 Å². The van der Waals surface area contributed by atoms with Crippen LogP contribution in [-0.4, -0.2) is 33.5 Å². The number of aryl methyl sites for hydroxylation is 1. The van der Waals surface area contributed by atoms with Gasteiger partial charge in [-0.15, -0.1) is 0 Å². The Labute approximate surface area is 138 Å². The van der Waals surface area contributed by atoms with E-state index in [9.17, 15) is 9.90 Å². The molecule has 0 aromatic carbocycles. The molecule has 1 aromatic heterocycles. The average molecular weight is 322 g/mol. The molecule has 23 heavy (non-hydrogen) atoms. The summed E-state index contributed by atoms with van der Waals surface area (Å²) in [4.78, 5) is 12.1. The van der Waals surface area contributed by atoms with Crippen LogP contribution in [0.4, 0.5) is 4.79 Å². The summed E-state index contributed by atoms with van der Waals surface area (Å²) in [6.07, 6.45) is 6.61. The maximum atomic E-state index is 12.1. The van der Waals surface area contributed by atoms with Gasteiger partial charge in [0, 0.05) is 24.8 Å². The van der Waals surface area contributed by atoms with Crippen LogP contribution < -0.4 is 10.6 Å². The minimum absolute atomic E-state index is 0.150. The molecule has 1 aliphatic carbocycles. The van der Waals surface area contributed by atoms with Crippen LogP contribution in [0.25, 0.3) is 0 Å². The Kier molecular flexibility index (Phi) is 5.04. The van der Waals surface area contributed by atoms with E-state index in [-0.39, 0.29) is 18.6 Å². The molecule has 2 rings (SSSR count). The van der Waals surface area contributed by atoms with Gasteiger partial charge in [-0.1, -0.05) is 20.8 Å². The zero-order valence-corrected chi connectivity index (χ0v) is 14.9. The van der Waals surface area contributed by atoms with E-state index in [1.54, 1.807) is 31.0 Å². The first-order valence-corrected chi connectivity index (χ1v) is 8.35. The smallest absolute Gasteiger partial charge is 0.315 e. The lowest BCUT2D eigenvalue weighted by Crippen LogP contribution is -2.50. The largest absolute Gasteiger partial charge is 0.383 e. The molecule has 0 bridgehead atoms. The first-order chi connectivity index (χ1) is 10.6. The average Bonchev–Trinajstić information content (AvgIpc) is 2.87. The van der Waals surface area contributed by atoms with E-state index in [0.717, 1.165) is 19.3 Å². The minimum atomic E-state index is -1.13. The van der Waals surface area contributed by atoms with Gasteiger partial charge in [0.1, 0.15) is 5.60 Å². The van der Waals surface area contributed by atoms with Crippen LogP contribution in [0.1, 0.15) is 52.5 Å². The molecule has 1 fully saturated rings. The van der Waals surface area contributed by atoms with Crippen molar-refractivity contribution >= 4 is 6.03 Å². The number of carbonyl (C=O) groups excluding carboxylic acids is 1. The van der Waals surface area contributed by atoms with E-state index < -0.39 is 5.60 Å². The Morgan fingerprint density at radius 3 is 2.83 bits per heavy atom. The zero-order valence-electron chi connectivity index (χ0n) is 14.9. The molecule has 1 aromatic rings. The second kappa shape index (κ2) is 6.51. The van der Waals surface area contributed by atoms with E-state index in [1.807, 2.05) is 0 Å². The first kappa shape index (κ1) is 17.8. The number of nitrogens with one attached hydrogen (secondary N) is 2. The number of amides is 2. The van der Waals surface area contributed by atoms with Gasteiger partial charge in [0.2, 0.25) is 0 Å². The molecular weight excluding hydrogens is 292 g/mol. The number of nitrogens with zero attached hydrogens (tertiary/aromatic N) is 2. The molecular formula is C17H30N4O2. The van der Waals surface area contributed by atoms with E-state index in [4.69, 9.17) is 0 Å². The predicted octanol–water partition coefficient (Wildman–Crippen LogP) is 2.14. The number of aromatic nitrogens is 2. The molecule has 6 heteroatoms. The Hall–Kier alpha value is -1.56. The molecule has 1 heterocycles. The number of carbonyl (C=O) groups is 1. The Balaban J connectivity index is 1.83. The predicted molar refractivity (Wildman–Crippen MR) is 89.9 cm³/mol. The molecule has 1 saturated carbocycles. The summed E-state index contributed by atoms with van der Waals surface area (Å²) in [5.41, 5.74) is -0.0859. The van der Waals surface area contributed by atoms with Crippen LogP contribution in [0.15, 0.2) is 12.4 Å². The standard InChI is InChI=1S/C17H30N4O2/c1-12-8-16(2,3)7-6-14(12)20-15(22)18-11-17(4,23)13-9-19-21(5)10-13/h9-10,12,14,23H,6-8,11H2,1-5H3,(H2,18,20,22)/t12-,14+,17+/m1/s1. The summed E-state index contributed by atoms with van der Waals surface area (Å²) in [6, 6.07) is -0.0166. The quantitative estimate of drug-likeness (QED) is 0.794. The molecule has 0 aliphatic heterocycles. The highest BCUT2D eigenvalue weighted by molar-refractivity contribution is 5.74. The van der Waals surface area contributed by atoms with Crippen molar-refractivity contribution in [1.82, 2.24) is 20.4 Å². The van der Waals surface area contributed by atoms with Crippen molar-refractivity contribution in [1.29, 1.82) is 0 Å². The highest BCUT2D eigenvalue weighted by Gasteiger charge is 2.33. The van der Waals surface area contributed by atoms with Gasteiger partial charge < -0.3 is 15.7 Å². The summed E-state index contributed by atoms with van der Waals surface area (Å²) >= 11 is 0. The molecule has 0 unspecified atom stereocenters. The number of hydrogen-bond donors (Lipinski definition) is 3. The van der Waals surface area contributed by atoms with Crippen LogP contribution >= 0.6 is 0 Å². The summed E-state index contributed by atoms with van der Waals surface area (Å²) in [6.45, 7) is 8.58. The molecule has 130 valence electrons. The van der Waals surface area contributed by atoms with Crippen molar-refractivity contribution in [3.05, 3.63) is 18.0 Å². The Morgan fingerprint density at radius 1 is 1.57 bits per heavy atom. The van der Waals surface area contributed by atoms with Crippen LogP contribution in [0, 0.1) is 11.3 Å². The van der Waals surface area contributed by atoms with E-state index in [0.29, 0.717) is 16.9 Å². The fraction of sp³-hybridized carbons (Fsp3) is 0.765. The van der Waals surface area contributed by atoms with Crippen molar-refractivity contribution in [2.24, 2.45) is 18.4 Å². The molecule has 0 saturated heterocycles. The van der Waals surface area contributed by atoms with Crippen molar-refractivity contribution in [2.45, 2.75) is 58.6 Å². The molecule has 6 nitrogen and oxygen atoms in total. The monoisotopic (exact) mass is 322 g/mol. The third-order valence-electron chi connectivity index (χ3n) is 4.93. The lowest BCUT2D eigenvalue weighted by Gasteiger charge is -2.39. The second-order valence-electron chi connectivity index (χ2n) is 7.99. The second-order valence-corrected chi connectivity index (χ2v) is 7.99. The van der Waals surface area contributed by atoms with Crippen molar-refractivity contribution < 1.29 is 9.90 Å². The topological polar surface area (TPSA) is 79.2 Å². The summed E-state index contributed by atoms with van der Waals surface area (Å²) in [5.74, 6) is 0.461. The third kappa shape index (κ3) is 4.70. The lowest BCUT2D eigenvalue weighted by atomic mass is 9.70. The van der Waals surface area contributed by atoms with Gasteiger partial charge in [0.15, 0.2) is 0 Å². The Morgan fingerprint density at radius 2 is 2.26 bits per heavy atom. The molecule has 3 atom stereocenters. The van der Waals surface area contributed by atoms with E-state index in [1.165, 1.54) is 0 Å². The highest BCUT2D eigenvalue weighted by atomic mass is 16.3. The maximum Gasteiger partial charge on any atom is 0.315 e. The zero-order chi connectivity index (χ0) is 17.3. The van der Waals surface area contributed by atoms with Gasteiger partial charge in [-0.25, -0.2) is 4.79 Å². The summed E-state index contributed by atoms with van der Waals surface area (Å²) in [7, 11) is 1.80. The van der Waals surface area contributed by atoms with Crippen LogP contribution in [0.3, 0.4) is 0 Å². The number of urea groups is 1. The number of hydrogen-bond acceptors (Lipinski definition) is 3. The van der Waals surface area contributed by atoms with Gasteiger partial charge in [0.25, 0.3) is 0 Å². The fourth-order valence-electron chi connectivity index (χ4n) is 3.43. The van der Waals surface area contributed by atoms with Gasteiger partial charge in [-0.3, -0.25) is 4.68 Å². The molecule has 0 radical (unpaired) electrons. The maximum absolute atomic E-state index is 12.1. The first-order valence-electron chi connectivity index (χ1n) is 8.35.